The number of nitrogens with two attached hydrogens (primary N) is 1. The van der Waals surface area contributed by atoms with Gasteiger partial charge >= 0.3 is 0 Å². The van der Waals surface area contributed by atoms with Crippen LogP contribution in [-0.4, -0.2) is 51.2 Å². The Kier molecular flexibility index (Phi) is 13.8. The lowest BCUT2D eigenvalue weighted by Crippen LogP contribution is -2.37. The predicted molar refractivity (Wildman–Crippen MR) is 99.9 cm³/mol. The minimum atomic E-state index is -0.247. The zero-order valence-electron chi connectivity index (χ0n) is 13.6. The van der Waals surface area contributed by atoms with E-state index in [0.29, 0.717) is 18.1 Å². The summed E-state index contributed by atoms with van der Waals surface area (Å²) in [4.78, 5) is 13.9. The third kappa shape index (κ3) is 8.20. The topological polar surface area (TPSA) is 67.6 Å². The molecule has 0 heterocycles. The number of nitrogens with one attached hydrogen (secondary N) is 1. The number of halogens is 3. The molecule has 1 amide bonds. The fourth-order valence-electron chi connectivity index (χ4n) is 2.07. The molecule has 0 fully saturated rings. The highest BCUT2D eigenvalue weighted by Crippen LogP contribution is 2.25. The third-order valence-corrected chi connectivity index (χ3v) is 3.73. The van der Waals surface area contributed by atoms with Crippen LogP contribution in [0.25, 0.3) is 0 Å². The number of benzene rings is 1. The Morgan fingerprint density at radius 2 is 1.96 bits per heavy atom. The van der Waals surface area contributed by atoms with Gasteiger partial charge in [-0.05, 0) is 25.7 Å². The van der Waals surface area contributed by atoms with E-state index in [1.807, 2.05) is 43.3 Å². The van der Waals surface area contributed by atoms with E-state index in [9.17, 15) is 4.79 Å². The number of hydrogen-bond acceptors (Lipinski definition) is 4. The van der Waals surface area contributed by atoms with Gasteiger partial charge in [-0.3, -0.25) is 4.79 Å². The maximum absolute atomic E-state index is 11.9. The number of ether oxygens (including phenoxy) is 1. The Hall–Kier alpha value is -0.560. The van der Waals surface area contributed by atoms with Crippen molar-refractivity contribution in [2.75, 3.05) is 34.3 Å². The molecule has 0 aliphatic heterocycles. The Labute approximate surface area is 155 Å². The van der Waals surface area contributed by atoms with E-state index in [0.717, 1.165) is 5.56 Å². The van der Waals surface area contributed by atoms with Crippen molar-refractivity contribution in [3.8, 4) is 0 Å². The van der Waals surface area contributed by atoms with Crippen molar-refractivity contribution in [3.05, 3.63) is 34.9 Å². The van der Waals surface area contributed by atoms with E-state index in [2.05, 4.69) is 5.32 Å². The molecule has 1 aromatic rings. The summed E-state index contributed by atoms with van der Waals surface area (Å²) in [5, 5.41) is 3.61. The zero-order valence-corrected chi connectivity index (χ0v) is 16.0. The molecule has 2 atom stereocenters. The highest BCUT2D eigenvalue weighted by atomic mass is 35.5. The van der Waals surface area contributed by atoms with Crippen LogP contribution in [0.15, 0.2) is 24.3 Å². The Balaban J connectivity index is 0. The summed E-state index contributed by atoms with van der Waals surface area (Å²) in [6.45, 7) is 0.808. The minimum Gasteiger partial charge on any atom is -0.380 e. The van der Waals surface area contributed by atoms with Gasteiger partial charge in [0.15, 0.2) is 0 Å². The average molecular weight is 387 g/mol. The van der Waals surface area contributed by atoms with Crippen LogP contribution in [0, 0.1) is 0 Å². The van der Waals surface area contributed by atoms with Crippen molar-refractivity contribution < 1.29 is 9.53 Å². The third-order valence-electron chi connectivity index (χ3n) is 3.39. The quantitative estimate of drug-likeness (QED) is 0.719. The van der Waals surface area contributed by atoms with E-state index >= 15 is 0 Å². The lowest BCUT2D eigenvalue weighted by molar-refractivity contribution is -0.123. The Morgan fingerprint density at radius 3 is 2.43 bits per heavy atom. The second kappa shape index (κ2) is 12.8. The largest absolute Gasteiger partial charge is 0.380 e. The van der Waals surface area contributed by atoms with Gasteiger partial charge in [-0.1, -0.05) is 29.8 Å². The van der Waals surface area contributed by atoms with Crippen molar-refractivity contribution in [1.82, 2.24) is 10.2 Å². The van der Waals surface area contributed by atoms with E-state index in [-0.39, 0.29) is 49.3 Å². The molecule has 8 heteroatoms. The molecule has 2 unspecified atom stereocenters. The van der Waals surface area contributed by atoms with Crippen LogP contribution < -0.4 is 11.1 Å². The first-order valence-corrected chi connectivity index (χ1v) is 7.27. The van der Waals surface area contributed by atoms with Gasteiger partial charge < -0.3 is 20.7 Å². The molecule has 1 rings (SSSR count). The SMILES string of the molecule is COC(CN)CC(=O)NCC(c1ccccc1Cl)N(C)C.Cl.Cl. The summed E-state index contributed by atoms with van der Waals surface area (Å²) in [5.41, 5.74) is 6.51. The van der Waals surface area contributed by atoms with Gasteiger partial charge in [0.25, 0.3) is 0 Å². The first kappa shape index (κ1) is 24.7. The summed E-state index contributed by atoms with van der Waals surface area (Å²) in [5.74, 6) is -0.0776. The molecular formula is C15H26Cl3N3O2. The van der Waals surface area contributed by atoms with Gasteiger partial charge in [-0.15, -0.1) is 24.8 Å². The number of rotatable bonds is 8. The second-order valence-corrected chi connectivity index (χ2v) is 5.51. The van der Waals surface area contributed by atoms with E-state index in [4.69, 9.17) is 22.1 Å². The van der Waals surface area contributed by atoms with E-state index in [1.54, 1.807) is 7.11 Å². The van der Waals surface area contributed by atoms with E-state index < -0.39 is 0 Å². The lowest BCUT2D eigenvalue weighted by Gasteiger charge is -2.26. The summed E-state index contributed by atoms with van der Waals surface area (Å²) in [7, 11) is 5.47. The van der Waals surface area contributed by atoms with Crippen molar-refractivity contribution >= 4 is 42.3 Å². The number of carbonyl (C=O) groups excluding carboxylic acids is 1. The molecule has 23 heavy (non-hydrogen) atoms. The fourth-order valence-corrected chi connectivity index (χ4v) is 2.33. The maximum Gasteiger partial charge on any atom is 0.222 e. The molecule has 3 N–H and O–H groups in total. The smallest absolute Gasteiger partial charge is 0.222 e. The second-order valence-electron chi connectivity index (χ2n) is 5.10. The molecule has 5 nitrogen and oxygen atoms in total. The Morgan fingerprint density at radius 1 is 1.35 bits per heavy atom. The lowest BCUT2D eigenvalue weighted by atomic mass is 10.1. The van der Waals surface area contributed by atoms with Crippen LogP contribution in [0.4, 0.5) is 0 Å². The maximum atomic E-state index is 11.9. The average Bonchev–Trinajstić information content (AvgIpc) is 2.46. The number of nitrogens with zero attached hydrogens (tertiary/aromatic N) is 1. The molecule has 0 aliphatic rings. The molecule has 0 saturated heterocycles. The molecule has 0 saturated carbocycles. The minimum absolute atomic E-state index is 0. The molecule has 134 valence electrons. The zero-order chi connectivity index (χ0) is 15.8. The standard InChI is InChI=1S/C15H24ClN3O2.2ClH/c1-19(2)14(12-6-4-5-7-13(12)16)10-18-15(20)8-11(9-17)21-3;;/h4-7,11,14H,8-10,17H2,1-3H3,(H,18,20);2*1H. The Bertz CT molecular complexity index is 457. The molecule has 0 bridgehead atoms. The number of hydrogen-bond donors (Lipinski definition) is 2. The fraction of sp³-hybridized carbons (Fsp3) is 0.533. The number of methoxy groups -OCH3 is 1. The highest BCUT2D eigenvalue weighted by molar-refractivity contribution is 6.31. The summed E-state index contributed by atoms with van der Waals surface area (Å²) >= 11 is 6.23. The van der Waals surface area contributed by atoms with Crippen LogP contribution in [-0.2, 0) is 9.53 Å². The van der Waals surface area contributed by atoms with E-state index in [1.165, 1.54) is 0 Å². The summed E-state index contributed by atoms with van der Waals surface area (Å²) < 4.78 is 5.11. The molecule has 0 aliphatic carbocycles. The van der Waals surface area contributed by atoms with Gasteiger partial charge in [0.2, 0.25) is 5.91 Å². The monoisotopic (exact) mass is 385 g/mol. The molecule has 0 aromatic heterocycles. The van der Waals surface area contributed by atoms with Gasteiger partial charge in [-0.25, -0.2) is 0 Å². The van der Waals surface area contributed by atoms with Crippen LogP contribution in [0.5, 0.6) is 0 Å². The van der Waals surface area contributed by atoms with Gasteiger partial charge in [-0.2, -0.15) is 0 Å². The van der Waals surface area contributed by atoms with Crippen LogP contribution in [0.3, 0.4) is 0 Å². The van der Waals surface area contributed by atoms with Crippen molar-refractivity contribution in [2.24, 2.45) is 5.73 Å². The van der Waals surface area contributed by atoms with Crippen LogP contribution >= 0.6 is 36.4 Å². The molecule has 0 spiro atoms. The predicted octanol–water partition coefficient (Wildman–Crippen LogP) is 2.27. The summed E-state index contributed by atoms with van der Waals surface area (Å²) in [6.07, 6.45) is 0.0125. The number of amides is 1. The van der Waals surface area contributed by atoms with Gasteiger partial charge in [0, 0.05) is 25.2 Å². The summed E-state index contributed by atoms with van der Waals surface area (Å²) in [6, 6.07) is 7.67. The van der Waals surface area contributed by atoms with Gasteiger partial charge in [0.1, 0.15) is 0 Å². The normalized spacial score (nSPS) is 12.8. The number of likely N-dealkylation sites (N-methyl/N-ethyl adjacent to an activating group) is 1. The first-order chi connectivity index (χ1) is 9.99. The molecular weight excluding hydrogens is 361 g/mol. The first-order valence-electron chi connectivity index (χ1n) is 6.90. The van der Waals surface area contributed by atoms with Crippen LogP contribution in [0.2, 0.25) is 5.02 Å². The van der Waals surface area contributed by atoms with Crippen LogP contribution in [0.1, 0.15) is 18.0 Å². The van der Waals surface area contributed by atoms with Crippen molar-refractivity contribution in [3.63, 3.8) is 0 Å². The van der Waals surface area contributed by atoms with Gasteiger partial charge in [0.05, 0.1) is 18.6 Å². The number of carbonyl (C=O) groups is 1. The van der Waals surface area contributed by atoms with Crippen molar-refractivity contribution in [2.45, 2.75) is 18.6 Å². The molecule has 1 aromatic carbocycles. The molecule has 0 radical (unpaired) electrons. The highest BCUT2D eigenvalue weighted by Gasteiger charge is 2.18. The van der Waals surface area contributed by atoms with Crippen molar-refractivity contribution in [1.29, 1.82) is 0 Å².